The summed E-state index contributed by atoms with van der Waals surface area (Å²) in [5.74, 6) is 1.22. The van der Waals surface area contributed by atoms with Gasteiger partial charge in [-0.05, 0) is 30.4 Å². The first kappa shape index (κ1) is 16.1. The molecule has 0 unspecified atom stereocenters. The zero-order chi connectivity index (χ0) is 16.6. The Morgan fingerprint density at radius 2 is 2.00 bits per heavy atom. The van der Waals surface area contributed by atoms with E-state index in [1.54, 1.807) is 18.2 Å². The number of piperidine rings is 1. The van der Waals surface area contributed by atoms with Crippen molar-refractivity contribution in [2.45, 2.75) is 20.3 Å². The van der Waals surface area contributed by atoms with Crippen molar-refractivity contribution in [3.63, 3.8) is 0 Å². The number of nitrogens with zero attached hydrogens (tertiary/aromatic N) is 2. The number of carbonyl (C=O) groups excluding carboxylic acids is 2. The smallest absolute Gasteiger partial charge is 0.265 e. The number of halogens is 1. The second kappa shape index (κ2) is 6.40. The number of ether oxygens (including phenoxy) is 1. The minimum Gasteiger partial charge on any atom is -0.480 e. The molecule has 1 aromatic carbocycles. The standard InChI is InChI=1S/C17H21ClN2O3/c1-11-6-12(2)8-19(7-11)15(21)9-20-14-5-3-4-13(18)17(14)23-10-16(20)22/h3-5,11-12H,6-10H2,1-2H3/t11-,12-/m0/s1. The zero-order valence-electron chi connectivity index (χ0n) is 13.4. The summed E-state index contributed by atoms with van der Waals surface area (Å²) in [5, 5.41) is 0.452. The van der Waals surface area contributed by atoms with E-state index in [1.807, 2.05) is 4.90 Å². The molecule has 1 aromatic rings. The minimum absolute atomic E-state index is 0.0235. The van der Waals surface area contributed by atoms with Gasteiger partial charge in [0.15, 0.2) is 12.4 Å². The van der Waals surface area contributed by atoms with E-state index < -0.39 is 0 Å². The van der Waals surface area contributed by atoms with Crippen molar-refractivity contribution in [3.8, 4) is 5.75 Å². The molecule has 3 rings (SSSR count). The fourth-order valence-corrected chi connectivity index (χ4v) is 3.70. The van der Waals surface area contributed by atoms with Crippen LogP contribution in [0.15, 0.2) is 18.2 Å². The van der Waals surface area contributed by atoms with Crippen LogP contribution in [0.4, 0.5) is 5.69 Å². The van der Waals surface area contributed by atoms with Gasteiger partial charge in [0.1, 0.15) is 6.54 Å². The molecule has 0 radical (unpaired) electrons. The average Bonchev–Trinajstić information content (AvgIpc) is 2.49. The molecular formula is C17H21ClN2O3. The van der Waals surface area contributed by atoms with Crippen LogP contribution in [0.25, 0.3) is 0 Å². The highest BCUT2D eigenvalue weighted by molar-refractivity contribution is 6.32. The van der Waals surface area contributed by atoms with Crippen LogP contribution in [0.3, 0.4) is 0 Å². The van der Waals surface area contributed by atoms with Crippen molar-refractivity contribution in [1.82, 2.24) is 4.90 Å². The number of rotatable bonds is 2. The number of anilines is 1. The number of benzene rings is 1. The van der Waals surface area contributed by atoms with E-state index in [1.165, 1.54) is 4.90 Å². The second-order valence-corrected chi connectivity index (χ2v) is 7.01. The summed E-state index contributed by atoms with van der Waals surface area (Å²) in [5.41, 5.74) is 0.570. The lowest BCUT2D eigenvalue weighted by atomic mass is 9.92. The highest BCUT2D eigenvalue weighted by atomic mass is 35.5. The number of para-hydroxylation sites is 1. The van der Waals surface area contributed by atoms with Crippen molar-refractivity contribution >= 4 is 29.1 Å². The van der Waals surface area contributed by atoms with Crippen LogP contribution in [0.2, 0.25) is 5.02 Å². The van der Waals surface area contributed by atoms with Crippen molar-refractivity contribution in [3.05, 3.63) is 23.2 Å². The Hall–Kier alpha value is -1.75. The number of hydrogen-bond donors (Lipinski definition) is 0. The van der Waals surface area contributed by atoms with Crippen molar-refractivity contribution < 1.29 is 14.3 Å². The Bertz CT molecular complexity index is 624. The predicted molar refractivity (Wildman–Crippen MR) is 88.8 cm³/mol. The number of amides is 2. The van der Waals surface area contributed by atoms with Gasteiger partial charge in [-0.3, -0.25) is 14.5 Å². The second-order valence-electron chi connectivity index (χ2n) is 6.60. The van der Waals surface area contributed by atoms with E-state index in [0.717, 1.165) is 19.5 Å². The van der Waals surface area contributed by atoms with Crippen molar-refractivity contribution in [2.75, 3.05) is 31.1 Å². The van der Waals surface area contributed by atoms with Gasteiger partial charge >= 0.3 is 0 Å². The third-order valence-electron chi connectivity index (χ3n) is 4.39. The predicted octanol–water partition coefficient (Wildman–Crippen LogP) is 2.57. The van der Waals surface area contributed by atoms with E-state index in [9.17, 15) is 9.59 Å². The van der Waals surface area contributed by atoms with Crippen LogP contribution in [0.1, 0.15) is 20.3 Å². The quantitative estimate of drug-likeness (QED) is 0.834. The maximum atomic E-state index is 12.7. The zero-order valence-corrected chi connectivity index (χ0v) is 14.2. The van der Waals surface area contributed by atoms with Gasteiger partial charge in [-0.15, -0.1) is 0 Å². The molecule has 2 amide bonds. The summed E-state index contributed by atoms with van der Waals surface area (Å²) in [7, 11) is 0. The molecule has 0 bridgehead atoms. The van der Waals surface area contributed by atoms with Gasteiger partial charge in [0.2, 0.25) is 5.91 Å². The van der Waals surface area contributed by atoms with Gasteiger partial charge in [-0.2, -0.15) is 0 Å². The molecule has 2 heterocycles. The number of carbonyl (C=O) groups is 2. The summed E-state index contributed by atoms with van der Waals surface area (Å²) in [4.78, 5) is 28.2. The monoisotopic (exact) mass is 336 g/mol. The Morgan fingerprint density at radius 3 is 2.70 bits per heavy atom. The summed E-state index contributed by atoms with van der Waals surface area (Å²) in [6, 6.07) is 5.23. The normalized spacial score (nSPS) is 24.2. The Labute approximate surface area is 141 Å². The molecule has 0 N–H and O–H groups in total. The largest absolute Gasteiger partial charge is 0.480 e. The molecule has 2 atom stereocenters. The maximum Gasteiger partial charge on any atom is 0.265 e. The van der Waals surface area contributed by atoms with Gasteiger partial charge in [0.25, 0.3) is 5.91 Å². The summed E-state index contributed by atoms with van der Waals surface area (Å²) >= 11 is 6.12. The lowest BCUT2D eigenvalue weighted by Gasteiger charge is -2.37. The molecule has 124 valence electrons. The maximum absolute atomic E-state index is 12.7. The molecular weight excluding hydrogens is 316 g/mol. The number of hydrogen-bond acceptors (Lipinski definition) is 3. The molecule has 2 aliphatic heterocycles. The third kappa shape index (κ3) is 3.29. The van der Waals surface area contributed by atoms with E-state index in [4.69, 9.17) is 16.3 Å². The minimum atomic E-state index is -0.216. The Kier molecular flexibility index (Phi) is 4.48. The lowest BCUT2D eigenvalue weighted by Crippen LogP contribution is -2.50. The van der Waals surface area contributed by atoms with Gasteiger partial charge in [-0.25, -0.2) is 0 Å². The lowest BCUT2D eigenvalue weighted by molar-refractivity contribution is -0.134. The summed E-state index contributed by atoms with van der Waals surface area (Å²) in [6.45, 7) is 5.77. The first-order chi connectivity index (χ1) is 11.0. The average molecular weight is 337 g/mol. The molecule has 23 heavy (non-hydrogen) atoms. The third-order valence-corrected chi connectivity index (χ3v) is 4.69. The van der Waals surface area contributed by atoms with Gasteiger partial charge in [-0.1, -0.05) is 31.5 Å². The molecule has 0 spiro atoms. The van der Waals surface area contributed by atoms with Crippen LogP contribution in [0.5, 0.6) is 5.75 Å². The van der Waals surface area contributed by atoms with E-state index >= 15 is 0 Å². The van der Waals surface area contributed by atoms with Crippen LogP contribution in [0, 0.1) is 11.8 Å². The van der Waals surface area contributed by atoms with Crippen LogP contribution in [-0.4, -0.2) is 43.0 Å². The van der Waals surface area contributed by atoms with Gasteiger partial charge < -0.3 is 9.64 Å². The molecule has 0 aliphatic carbocycles. The first-order valence-electron chi connectivity index (χ1n) is 7.95. The summed E-state index contributed by atoms with van der Waals surface area (Å²) in [6.07, 6.45) is 1.14. The topological polar surface area (TPSA) is 49.9 Å². The van der Waals surface area contributed by atoms with Crippen molar-refractivity contribution in [2.24, 2.45) is 11.8 Å². The van der Waals surface area contributed by atoms with E-state index in [2.05, 4.69) is 13.8 Å². The molecule has 0 saturated carbocycles. The van der Waals surface area contributed by atoms with Crippen LogP contribution >= 0.6 is 11.6 Å². The molecule has 5 nitrogen and oxygen atoms in total. The Morgan fingerprint density at radius 1 is 1.30 bits per heavy atom. The molecule has 2 aliphatic rings. The highest BCUT2D eigenvalue weighted by Gasteiger charge is 2.32. The number of likely N-dealkylation sites (tertiary alicyclic amines) is 1. The Balaban J connectivity index is 1.78. The molecule has 0 aromatic heterocycles. The van der Waals surface area contributed by atoms with E-state index in [0.29, 0.717) is 28.3 Å². The fourth-order valence-electron chi connectivity index (χ4n) is 3.47. The van der Waals surface area contributed by atoms with Gasteiger partial charge in [0, 0.05) is 13.1 Å². The van der Waals surface area contributed by atoms with Gasteiger partial charge in [0.05, 0.1) is 10.7 Å². The molecule has 6 heteroatoms. The molecule has 1 fully saturated rings. The van der Waals surface area contributed by atoms with Crippen molar-refractivity contribution in [1.29, 1.82) is 0 Å². The van der Waals surface area contributed by atoms with Crippen LogP contribution in [-0.2, 0) is 9.59 Å². The van der Waals surface area contributed by atoms with Crippen LogP contribution < -0.4 is 9.64 Å². The fraction of sp³-hybridized carbons (Fsp3) is 0.529. The SMILES string of the molecule is C[C@H]1C[C@H](C)CN(C(=O)CN2C(=O)COc3c(Cl)cccc32)C1. The first-order valence-corrected chi connectivity index (χ1v) is 8.33. The van der Waals surface area contributed by atoms with E-state index in [-0.39, 0.29) is 25.0 Å². The number of fused-ring (bicyclic) bond motifs is 1. The summed E-state index contributed by atoms with van der Waals surface area (Å²) < 4.78 is 5.41. The highest BCUT2D eigenvalue weighted by Crippen LogP contribution is 2.38. The molecule has 1 saturated heterocycles.